The van der Waals surface area contributed by atoms with Gasteiger partial charge in [0, 0.05) is 50.7 Å². The molecule has 3 heterocycles. The number of rotatable bonds is 7. The minimum atomic E-state index is -0.0487. The predicted molar refractivity (Wildman–Crippen MR) is 134 cm³/mol. The van der Waals surface area contributed by atoms with E-state index in [9.17, 15) is 4.79 Å². The van der Waals surface area contributed by atoms with E-state index < -0.39 is 0 Å². The van der Waals surface area contributed by atoms with Gasteiger partial charge in [0.25, 0.3) is 0 Å². The summed E-state index contributed by atoms with van der Waals surface area (Å²) in [5.74, 6) is 3.84. The van der Waals surface area contributed by atoms with Crippen LogP contribution in [0.4, 0.5) is 5.82 Å². The highest BCUT2D eigenvalue weighted by molar-refractivity contribution is 7.13. The molecule has 0 radical (unpaired) electrons. The van der Waals surface area contributed by atoms with Crippen LogP contribution in [0.3, 0.4) is 0 Å². The minimum absolute atomic E-state index is 0.0487. The molecule has 1 amide bonds. The van der Waals surface area contributed by atoms with Gasteiger partial charge in [0.1, 0.15) is 5.82 Å². The molecule has 34 heavy (non-hydrogen) atoms. The molecule has 176 valence electrons. The highest BCUT2D eigenvalue weighted by atomic mass is 32.1. The van der Waals surface area contributed by atoms with Crippen molar-refractivity contribution in [2.75, 3.05) is 51.0 Å². The quantitative estimate of drug-likeness (QED) is 0.526. The maximum Gasteiger partial charge on any atom is 0.244 e. The maximum atomic E-state index is 12.2. The number of hydrogen-bond acceptors (Lipinski definition) is 7. The summed E-state index contributed by atoms with van der Waals surface area (Å²) in [5, 5.41) is 4.33. The normalized spacial score (nSPS) is 21.9. The van der Waals surface area contributed by atoms with Crippen molar-refractivity contribution in [3.05, 3.63) is 54.1 Å². The Kier molecular flexibility index (Phi) is 5.84. The Morgan fingerprint density at radius 2 is 1.94 bits per heavy atom. The van der Waals surface area contributed by atoms with E-state index in [1.807, 2.05) is 24.3 Å². The zero-order valence-electron chi connectivity index (χ0n) is 19.0. The number of carbonyl (C=O) groups excluding carboxylic acids is 1. The molecule has 1 aromatic heterocycles. The number of fused-ring (bicyclic) bond motifs is 2. The van der Waals surface area contributed by atoms with Gasteiger partial charge in [-0.15, -0.1) is 0 Å². The Morgan fingerprint density at radius 1 is 1.09 bits per heavy atom. The van der Waals surface area contributed by atoms with Gasteiger partial charge in [-0.3, -0.25) is 9.69 Å². The number of nitrogens with one attached hydrogen (secondary N) is 1. The molecule has 2 aromatic carbocycles. The third kappa shape index (κ3) is 4.60. The zero-order valence-corrected chi connectivity index (χ0v) is 19.8. The Hall–Kier alpha value is -3.10. The smallest absolute Gasteiger partial charge is 0.244 e. The van der Waals surface area contributed by atoms with Gasteiger partial charge >= 0.3 is 0 Å². The van der Waals surface area contributed by atoms with Gasteiger partial charge in [0.05, 0.1) is 4.70 Å². The van der Waals surface area contributed by atoms with E-state index in [4.69, 9.17) is 13.8 Å². The lowest BCUT2D eigenvalue weighted by Crippen LogP contribution is -2.47. The van der Waals surface area contributed by atoms with Crippen LogP contribution in [0.5, 0.6) is 11.5 Å². The molecule has 2 fully saturated rings. The Morgan fingerprint density at radius 3 is 2.85 bits per heavy atom. The summed E-state index contributed by atoms with van der Waals surface area (Å²) >= 11 is 1.59. The van der Waals surface area contributed by atoms with Crippen LogP contribution in [-0.2, 0) is 4.79 Å². The van der Waals surface area contributed by atoms with Crippen LogP contribution in [0, 0.1) is 11.8 Å². The van der Waals surface area contributed by atoms with Crippen LogP contribution in [0.2, 0.25) is 0 Å². The van der Waals surface area contributed by atoms with E-state index in [-0.39, 0.29) is 12.7 Å². The van der Waals surface area contributed by atoms with Crippen LogP contribution in [0.1, 0.15) is 12.0 Å². The number of piperazine rings is 1. The summed E-state index contributed by atoms with van der Waals surface area (Å²) in [7, 11) is 0. The van der Waals surface area contributed by atoms with Crippen LogP contribution in [0.25, 0.3) is 16.2 Å². The van der Waals surface area contributed by atoms with E-state index in [0.717, 1.165) is 62.1 Å². The topological polar surface area (TPSA) is 66.9 Å². The summed E-state index contributed by atoms with van der Waals surface area (Å²) in [6.07, 6.45) is 4.60. The van der Waals surface area contributed by atoms with Crippen molar-refractivity contribution in [1.29, 1.82) is 0 Å². The first-order chi connectivity index (χ1) is 16.7. The van der Waals surface area contributed by atoms with E-state index in [0.29, 0.717) is 11.8 Å². The summed E-state index contributed by atoms with van der Waals surface area (Å²) in [6, 6.07) is 14.2. The second-order valence-electron chi connectivity index (χ2n) is 9.24. The number of aromatic nitrogens is 1. The number of nitrogens with zero attached hydrogens (tertiary/aromatic N) is 3. The molecular formula is C26H28N4O3S. The number of amides is 1. The highest BCUT2D eigenvalue weighted by Gasteiger charge is 2.38. The molecule has 1 aliphatic carbocycles. The van der Waals surface area contributed by atoms with Crippen molar-refractivity contribution in [1.82, 2.24) is 14.6 Å². The average Bonchev–Trinajstić information content (AvgIpc) is 3.24. The Bertz CT molecular complexity index is 1220. The monoisotopic (exact) mass is 476 g/mol. The minimum Gasteiger partial charge on any atom is -0.454 e. The lowest BCUT2D eigenvalue weighted by Gasteiger charge is -2.35. The van der Waals surface area contributed by atoms with E-state index >= 15 is 0 Å². The van der Waals surface area contributed by atoms with Crippen LogP contribution in [-0.4, -0.2) is 61.2 Å². The molecule has 6 rings (SSSR count). The summed E-state index contributed by atoms with van der Waals surface area (Å²) in [4.78, 5) is 17.2. The fourth-order valence-electron chi connectivity index (χ4n) is 4.84. The van der Waals surface area contributed by atoms with Crippen LogP contribution in [0.15, 0.2) is 48.5 Å². The molecule has 8 heteroatoms. The number of benzene rings is 2. The molecule has 1 saturated carbocycles. The molecule has 0 unspecified atom stereocenters. The van der Waals surface area contributed by atoms with Crippen molar-refractivity contribution in [3.63, 3.8) is 0 Å². The molecule has 2 atom stereocenters. The van der Waals surface area contributed by atoms with Crippen molar-refractivity contribution >= 4 is 39.4 Å². The second-order valence-corrected chi connectivity index (χ2v) is 10.0. The number of hydrogen-bond donors (Lipinski definition) is 1. The van der Waals surface area contributed by atoms with Gasteiger partial charge in [-0.05, 0) is 65.7 Å². The molecule has 1 saturated heterocycles. The van der Waals surface area contributed by atoms with Gasteiger partial charge in [-0.25, -0.2) is 0 Å². The molecule has 0 bridgehead atoms. The first-order valence-electron chi connectivity index (χ1n) is 11.9. The average molecular weight is 477 g/mol. The molecule has 1 N–H and O–H groups in total. The molecular weight excluding hydrogens is 448 g/mol. The Labute approximate surface area is 203 Å². The van der Waals surface area contributed by atoms with Gasteiger partial charge < -0.3 is 19.7 Å². The Balaban J connectivity index is 0.924. The highest BCUT2D eigenvalue weighted by Crippen LogP contribution is 2.39. The van der Waals surface area contributed by atoms with Crippen LogP contribution >= 0.6 is 11.5 Å². The third-order valence-corrected chi connectivity index (χ3v) is 7.77. The standard InChI is InChI=1S/C26H28N4O3S/c31-25(8-6-18-5-7-22-23(13-18)33-17-32-22)27-15-19-14-20(19)16-29-9-11-30(12-10-29)26-21-3-1-2-4-24(21)34-28-26/h1-8,13,19-20H,9-12,14-17H2,(H,27,31)/b8-6+/t19-,20-/m1/s1. The van der Waals surface area contributed by atoms with Crippen LogP contribution < -0.4 is 19.7 Å². The summed E-state index contributed by atoms with van der Waals surface area (Å²) in [5.41, 5.74) is 0.925. The van der Waals surface area contributed by atoms with Crippen molar-refractivity contribution in [2.24, 2.45) is 11.8 Å². The van der Waals surface area contributed by atoms with Gasteiger partial charge in [-0.2, -0.15) is 4.37 Å². The van der Waals surface area contributed by atoms with Gasteiger partial charge in [0.2, 0.25) is 12.7 Å². The maximum absolute atomic E-state index is 12.2. The fourth-order valence-corrected chi connectivity index (χ4v) is 5.63. The third-order valence-electron chi connectivity index (χ3n) is 6.95. The van der Waals surface area contributed by atoms with Crippen molar-refractivity contribution in [2.45, 2.75) is 6.42 Å². The lowest BCUT2D eigenvalue weighted by atomic mass is 10.2. The van der Waals surface area contributed by atoms with Crippen molar-refractivity contribution < 1.29 is 14.3 Å². The molecule has 3 aliphatic rings. The van der Waals surface area contributed by atoms with Gasteiger partial charge in [-0.1, -0.05) is 18.2 Å². The molecule has 3 aromatic rings. The fraction of sp³-hybridized carbons (Fsp3) is 0.385. The first kappa shape index (κ1) is 21.4. The predicted octanol–water partition coefficient (Wildman–Crippen LogP) is 3.61. The first-order valence-corrected chi connectivity index (χ1v) is 12.7. The van der Waals surface area contributed by atoms with Crippen molar-refractivity contribution in [3.8, 4) is 11.5 Å². The van der Waals surface area contributed by atoms with Gasteiger partial charge in [0.15, 0.2) is 11.5 Å². The van der Waals surface area contributed by atoms with E-state index in [2.05, 4.69) is 39.4 Å². The second kappa shape index (κ2) is 9.27. The van der Waals surface area contributed by atoms with E-state index in [1.165, 1.54) is 16.5 Å². The molecule has 2 aliphatic heterocycles. The zero-order chi connectivity index (χ0) is 22.9. The number of ether oxygens (including phenoxy) is 2. The molecule has 7 nitrogen and oxygen atoms in total. The number of anilines is 1. The number of carbonyl (C=O) groups is 1. The van der Waals surface area contributed by atoms with E-state index in [1.54, 1.807) is 17.6 Å². The SMILES string of the molecule is O=C(/C=C/c1ccc2c(c1)OCO2)NC[C@H]1C[C@@H]1CN1CCN(c2nsc3ccccc23)CC1. The summed E-state index contributed by atoms with van der Waals surface area (Å²) < 4.78 is 16.7. The molecule has 0 spiro atoms. The summed E-state index contributed by atoms with van der Waals surface area (Å²) in [6.45, 7) is 6.31. The lowest BCUT2D eigenvalue weighted by molar-refractivity contribution is -0.116. The largest absolute Gasteiger partial charge is 0.454 e.